The number of hydrogen-bond acceptors (Lipinski definition) is 13. The smallest absolute Gasteiger partial charge is 0.358 e. The maximum absolute atomic E-state index is 14.1. The molecule has 398 valence electrons. The third-order valence-corrected chi connectivity index (χ3v) is 15.8. The first-order valence-corrected chi connectivity index (χ1v) is 27.4. The van der Waals surface area contributed by atoms with Gasteiger partial charge in [-0.05, 0) is 136 Å². The van der Waals surface area contributed by atoms with Gasteiger partial charge in [0.05, 0.1) is 33.0 Å². The molecule has 2 saturated heterocycles. The Balaban J connectivity index is 0.721. The maximum Gasteiger partial charge on any atom is 0.358 e. The molecule has 17 heteroatoms. The number of carbonyl (C=O) groups is 5. The highest BCUT2D eigenvalue weighted by Gasteiger charge is 2.33. The molecule has 0 aliphatic carbocycles. The van der Waals surface area contributed by atoms with Crippen LogP contribution in [0.1, 0.15) is 101 Å². The van der Waals surface area contributed by atoms with E-state index in [1.54, 1.807) is 0 Å². The molecule has 6 heterocycles. The number of benzene rings is 5. The second-order valence-corrected chi connectivity index (χ2v) is 22.2. The first kappa shape index (κ1) is 51.7. The largest absolute Gasteiger partial charge is 0.457 e. The van der Waals surface area contributed by atoms with Gasteiger partial charge in [0.15, 0.2) is 10.8 Å². The van der Waals surface area contributed by atoms with Crippen LogP contribution in [0.3, 0.4) is 0 Å². The average molecular weight is 1060 g/mol. The fourth-order valence-electron chi connectivity index (χ4n) is 10.9. The molecule has 1 unspecified atom stereocenters. The summed E-state index contributed by atoms with van der Waals surface area (Å²) in [4.78, 5) is 81.9. The molecule has 8 aromatic rings. The summed E-state index contributed by atoms with van der Waals surface area (Å²) in [6, 6.07) is 37.2. The SMILES string of the molecule is Cc1c(Oc2ccc(CCCC(=O)N3CCN(c4cccc5c(C6CCC(=O)NC6=O)nn(C)c45)CC3)cc2)cccc1-c1ccc(N2CCc3cccc(C(=O)Nc4nc5ccccc5s4)c3C2)nc1C(=O)OC(C)(C)C. The number of para-hydroxylation sites is 2. The molecule has 11 rings (SSSR count). The highest BCUT2D eigenvalue weighted by molar-refractivity contribution is 7.22. The molecule has 0 saturated carbocycles. The van der Waals surface area contributed by atoms with E-state index in [9.17, 15) is 24.0 Å². The normalized spacial score (nSPS) is 15.8. The average Bonchev–Trinajstić information content (AvgIpc) is 4.11. The molecule has 0 bridgehead atoms. The van der Waals surface area contributed by atoms with Gasteiger partial charge in [-0.1, -0.05) is 72.0 Å². The van der Waals surface area contributed by atoms with Crippen LogP contribution in [0, 0.1) is 6.92 Å². The maximum atomic E-state index is 14.1. The Hall–Kier alpha value is -8.44. The van der Waals surface area contributed by atoms with E-state index in [-0.39, 0.29) is 29.3 Å². The number of esters is 1. The van der Waals surface area contributed by atoms with Gasteiger partial charge in [0.25, 0.3) is 5.91 Å². The van der Waals surface area contributed by atoms with E-state index >= 15 is 0 Å². The number of rotatable bonds is 13. The van der Waals surface area contributed by atoms with Crippen LogP contribution in [0.5, 0.6) is 11.5 Å². The number of piperazine rings is 1. The van der Waals surface area contributed by atoms with Crippen molar-refractivity contribution in [3.63, 3.8) is 0 Å². The van der Waals surface area contributed by atoms with Crippen molar-refractivity contribution >= 4 is 78.7 Å². The molecule has 0 radical (unpaired) electrons. The number of ether oxygens (including phenoxy) is 2. The molecule has 3 aliphatic heterocycles. The predicted octanol–water partition coefficient (Wildman–Crippen LogP) is 10.3. The quantitative estimate of drug-likeness (QED) is 0.0825. The number of imide groups is 1. The number of carbonyl (C=O) groups excluding carboxylic acids is 5. The fraction of sp³-hybridized carbons (Fsp3) is 0.311. The van der Waals surface area contributed by atoms with Crippen LogP contribution in [0.15, 0.2) is 115 Å². The number of amides is 4. The minimum Gasteiger partial charge on any atom is -0.457 e. The summed E-state index contributed by atoms with van der Waals surface area (Å²) >= 11 is 1.44. The number of nitrogens with one attached hydrogen (secondary N) is 2. The molecule has 16 nitrogen and oxygen atoms in total. The summed E-state index contributed by atoms with van der Waals surface area (Å²) in [5.74, 6) is 0.221. The van der Waals surface area contributed by atoms with Crippen molar-refractivity contribution in [2.75, 3.05) is 47.8 Å². The Bertz CT molecular complexity index is 3620. The number of thiazole rings is 1. The summed E-state index contributed by atoms with van der Waals surface area (Å²) in [6.45, 7) is 11.1. The Morgan fingerprint density at radius 2 is 1.59 bits per heavy atom. The van der Waals surface area contributed by atoms with E-state index in [1.165, 1.54) is 11.3 Å². The topological polar surface area (TPSA) is 181 Å². The monoisotopic (exact) mass is 1060 g/mol. The lowest BCUT2D eigenvalue weighted by Crippen LogP contribution is -2.48. The first-order valence-electron chi connectivity index (χ1n) is 26.6. The minimum atomic E-state index is -0.770. The summed E-state index contributed by atoms with van der Waals surface area (Å²) in [6.07, 6.45) is 3.30. The highest BCUT2D eigenvalue weighted by atomic mass is 32.1. The third-order valence-electron chi connectivity index (χ3n) is 14.8. The molecule has 1 atom stereocenters. The highest BCUT2D eigenvalue weighted by Crippen LogP contribution is 2.38. The fourth-order valence-corrected chi connectivity index (χ4v) is 11.7. The second kappa shape index (κ2) is 21.5. The number of anilines is 3. The van der Waals surface area contributed by atoms with Crippen LogP contribution >= 0.6 is 11.3 Å². The van der Waals surface area contributed by atoms with Crippen molar-refractivity contribution < 1.29 is 33.4 Å². The Kier molecular flexibility index (Phi) is 14.3. The van der Waals surface area contributed by atoms with Crippen molar-refractivity contribution in [1.82, 2.24) is 30.0 Å². The van der Waals surface area contributed by atoms with Crippen molar-refractivity contribution in [2.24, 2.45) is 7.05 Å². The number of fused-ring (bicyclic) bond motifs is 3. The van der Waals surface area contributed by atoms with E-state index in [4.69, 9.17) is 19.6 Å². The van der Waals surface area contributed by atoms with Crippen LogP contribution in [-0.4, -0.2) is 92.6 Å². The lowest BCUT2D eigenvalue weighted by atomic mass is 9.92. The van der Waals surface area contributed by atoms with Crippen molar-refractivity contribution in [3.05, 3.63) is 154 Å². The van der Waals surface area contributed by atoms with Gasteiger partial charge in [-0.2, -0.15) is 5.10 Å². The Labute approximate surface area is 456 Å². The minimum absolute atomic E-state index is 0.137. The number of aromatic nitrogens is 4. The third kappa shape index (κ3) is 10.8. The number of aryl methyl sites for hydroxylation is 2. The molecule has 5 aromatic carbocycles. The van der Waals surface area contributed by atoms with E-state index < -0.39 is 17.5 Å². The summed E-state index contributed by atoms with van der Waals surface area (Å²) in [7, 11) is 1.88. The van der Waals surface area contributed by atoms with Crippen LogP contribution in [0.4, 0.5) is 16.6 Å². The van der Waals surface area contributed by atoms with Crippen LogP contribution in [-0.2, 0) is 45.6 Å². The van der Waals surface area contributed by atoms with E-state index in [0.29, 0.717) is 111 Å². The second-order valence-electron chi connectivity index (χ2n) is 21.2. The molecule has 0 spiro atoms. The molecular formula is C61H61N9O7S. The van der Waals surface area contributed by atoms with Gasteiger partial charge in [0.2, 0.25) is 17.7 Å². The number of hydrogen-bond donors (Lipinski definition) is 2. The molecule has 4 amide bonds. The first-order chi connectivity index (χ1) is 37.6. The number of nitrogens with zero attached hydrogens (tertiary/aromatic N) is 7. The summed E-state index contributed by atoms with van der Waals surface area (Å²) < 4.78 is 15.3. The van der Waals surface area contributed by atoms with E-state index in [2.05, 4.69) is 37.6 Å². The number of piperidine rings is 1. The van der Waals surface area contributed by atoms with Gasteiger partial charge in [-0.25, -0.2) is 14.8 Å². The van der Waals surface area contributed by atoms with Gasteiger partial charge in [-0.3, -0.25) is 34.5 Å². The van der Waals surface area contributed by atoms with Gasteiger partial charge in [-0.15, -0.1) is 0 Å². The standard InChI is InChI=1S/C61H61N9O7S/c1-37-41(42-26-28-51(63-55(42)59(75)77-61(2,3)4)70-31-30-39-13-9-15-43(46(39)36-70)57(73)65-60-62-47-17-6-7-20-50(47)78-60)14-11-19-49(37)76-40-24-22-38(23-25-40)12-8-21-53(72)69-34-32-68(33-35-69)48-18-10-16-44-54(66-67(5)56(44)48)45-27-29-52(71)64-58(45)74/h6-7,9-11,13-20,22-26,28,45H,8,12,21,27,29-36H2,1-5H3,(H,62,65,73)(H,64,71,74). The lowest BCUT2D eigenvalue weighted by molar-refractivity contribution is -0.134. The predicted molar refractivity (Wildman–Crippen MR) is 302 cm³/mol. The zero-order valence-electron chi connectivity index (χ0n) is 44.4. The summed E-state index contributed by atoms with van der Waals surface area (Å²) in [5.41, 5.74) is 8.76. The zero-order chi connectivity index (χ0) is 54.2. The Morgan fingerprint density at radius 1 is 0.808 bits per heavy atom. The number of pyridine rings is 1. The molecule has 3 aromatic heterocycles. The molecule has 78 heavy (non-hydrogen) atoms. The van der Waals surface area contributed by atoms with Crippen molar-refractivity contribution in [3.8, 4) is 22.6 Å². The summed E-state index contributed by atoms with van der Waals surface area (Å²) in [5, 5.41) is 11.7. The molecular weight excluding hydrogens is 1000 g/mol. The van der Waals surface area contributed by atoms with Crippen molar-refractivity contribution in [1.29, 1.82) is 0 Å². The van der Waals surface area contributed by atoms with Crippen LogP contribution in [0.2, 0.25) is 0 Å². The van der Waals surface area contributed by atoms with Crippen LogP contribution in [0.25, 0.3) is 32.2 Å². The Morgan fingerprint density at radius 3 is 2.37 bits per heavy atom. The van der Waals surface area contributed by atoms with Gasteiger partial charge in [0, 0.05) is 75.7 Å². The molecule has 2 N–H and O–H groups in total. The van der Waals surface area contributed by atoms with Crippen molar-refractivity contribution in [2.45, 2.75) is 84.3 Å². The lowest BCUT2D eigenvalue weighted by Gasteiger charge is -2.36. The van der Waals surface area contributed by atoms with E-state index in [1.807, 2.05) is 147 Å². The van der Waals surface area contributed by atoms with E-state index in [0.717, 1.165) is 61.0 Å². The van der Waals surface area contributed by atoms with Crippen LogP contribution < -0.4 is 25.2 Å². The zero-order valence-corrected chi connectivity index (χ0v) is 45.2. The molecule has 2 fully saturated rings. The van der Waals surface area contributed by atoms with Gasteiger partial charge in [0.1, 0.15) is 22.9 Å². The molecule has 3 aliphatic rings. The van der Waals surface area contributed by atoms with Gasteiger partial charge >= 0.3 is 5.97 Å². The van der Waals surface area contributed by atoms with Gasteiger partial charge < -0.3 is 24.2 Å².